The molecule has 0 fully saturated rings. The lowest BCUT2D eigenvalue weighted by molar-refractivity contribution is -0.114. The summed E-state index contributed by atoms with van der Waals surface area (Å²) in [6, 6.07) is 5.23. The molecule has 2 aromatic rings. The van der Waals surface area contributed by atoms with Crippen LogP contribution >= 0.6 is 15.9 Å². The highest BCUT2D eigenvalue weighted by atomic mass is 79.9. The number of nitrogens with zero attached hydrogens (tertiary/aromatic N) is 3. The topological polar surface area (TPSA) is 55.2 Å². The van der Waals surface area contributed by atoms with Crippen molar-refractivity contribution in [1.82, 2.24) is 9.55 Å². The van der Waals surface area contributed by atoms with Crippen molar-refractivity contribution in [3.8, 4) is 0 Å². The molecule has 0 N–H and O–H groups in total. The minimum atomic E-state index is -0.497. The average Bonchev–Trinajstić information content (AvgIpc) is 2.98. The van der Waals surface area contributed by atoms with E-state index in [0.29, 0.717) is 17.8 Å². The normalized spacial score (nSPS) is 14.0. The number of amides is 1. The molecular weight excluding hydrogens is 322 g/mol. The quantitative estimate of drug-likeness (QED) is 0.810. The first-order chi connectivity index (χ1) is 9.61. The Morgan fingerprint density at radius 3 is 2.85 bits per heavy atom. The van der Waals surface area contributed by atoms with E-state index in [0.717, 1.165) is 16.8 Å². The maximum absolute atomic E-state index is 12.1. The van der Waals surface area contributed by atoms with Gasteiger partial charge in [0.2, 0.25) is 0 Å². The van der Waals surface area contributed by atoms with E-state index in [4.69, 9.17) is 0 Å². The molecule has 1 aliphatic heterocycles. The number of fused-ring (bicyclic) bond motifs is 1. The number of imidazole rings is 1. The van der Waals surface area contributed by atoms with E-state index < -0.39 is 11.7 Å². The van der Waals surface area contributed by atoms with E-state index in [1.54, 1.807) is 24.4 Å². The molecule has 0 unspecified atom stereocenters. The summed E-state index contributed by atoms with van der Waals surface area (Å²) in [4.78, 5) is 29.8. The zero-order chi connectivity index (χ0) is 14.3. The number of Topliss-reactive ketones (excluding diaryl/α,β-unsaturated/α-hetero) is 1. The van der Waals surface area contributed by atoms with Crippen molar-refractivity contribution < 1.29 is 9.59 Å². The Balaban J connectivity index is 2.01. The van der Waals surface area contributed by atoms with Crippen LogP contribution in [0, 0.1) is 0 Å². The number of carbonyl (C=O) groups is 2. The first-order valence-electron chi connectivity index (χ1n) is 6.27. The minimum Gasteiger partial charge on any atom is -0.334 e. The monoisotopic (exact) mass is 333 g/mol. The van der Waals surface area contributed by atoms with E-state index in [-0.39, 0.29) is 0 Å². The third kappa shape index (κ3) is 1.96. The van der Waals surface area contributed by atoms with Crippen LogP contribution in [0.15, 0.2) is 35.1 Å². The van der Waals surface area contributed by atoms with Gasteiger partial charge < -0.3 is 4.57 Å². The SMILES string of the molecule is CCn1ccnc1CN1C(=O)C(=O)c2ccc(Br)cc21. The Kier molecular flexibility index (Phi) is 3.17. The Bertz CT molecular complexity index is 708. The van der Waals surface area contributed by atoms with Crippen molar-refractivity contribution in [2.75, 3.05) is 4.90 Å². The number of aromatic nitrogens is 2. The second-order valence-corrected chi connectivity index (χ2v) is 5.43. The fraction of sp³-hybridized carbons (Fsp3) is 0.214. The van der Waals surface area contributed by atoms with Crippen LogP contribution < -0.4 is 4.90 Å². The largest absolute Gasteiger partial charge is 0.334 e. The molecule has 1 aliphatic rings. The van der Waals surface area contributed by atoms with Gasteiger partial charge in [-0.25, -0.2) is 4.98 Å². The molecule has 0 radical (unpaired) electrons. The van der Waals surface area contributed by atoms with Gasteiger partial charge in [0, 0.05) is 23.4 Å². The van der Waals surface area contributed by atoms with Crippen molar-refractivity contribution in [2.45, 2.75) is 20.0 Å². The molecule has 1 aromatic heterocycles. The summed E-state index contributed by atoms with van der Waals surface area (Å²) in [5, 5.41) is 0. The molecule has 2 heterocycles. The molecule has 0 saturated carbocycles. The van der Waals surface area contributed by atoms with E-state index in [1.165, 1.54) is 4.90 Å². The lowest BCUT2D eigenvalue weighted by atomic mass is 10.1. The second kappa shape index (κ2) is 4.86. The Hall–Kier alpha value is -1.95. The molecule has 0 aliphatic carbocycles. The molecule has 0 saturated heterocycles. The van der Waals surface area contributed by atoms with E-state index in [9.17, 15) is 9.59 Å². The van der Waals surface area contributed by atoms with Gasteiger partial charge in [0.1, 0.15) is 5.82 Å². The van der Waals surface area contributed by atoms with Crippen LogP contribution in [0.3, 0.4) is 0 Å². The van der Waals surface area contributed by atoms with Gasteiger partial charge in [-0.3, -0.25) is 14.5 Å². The lowest BCUT2D eigenvalue weighted by Crippen LogP contribution is -2.30. The first kappa shape index (κ1) is 13.1. The molecule has 6 heteroatoms. The zero-order valence-corrected chi connectivity index (χ0v) is 12.4. The van der Waals surface area contributed by atoms with Gasteiger partial charge >= 0.3 is 0 Å². The fourth-order valence-corrected chi connectivity index (χ4v) is 2.69. The Morgan fingerprint density at radius 1 is 1.30 bits per heavy atom. The number of hydrogen-bond acceptors (Lipinski definition) is 3. The molecule has 1 amide bonds. The predicted molar refractivity (Wildman–Crippen MR) is 77.6 cm³/mol. The summed E-state index contributed by atoms with van der Waals surface area (Å²) >= 11 is 3.37. The number of carbonyl (C=O) groups excluding carboxylic acids is 2. The van der Waals surface area contributed by atoms with E-state index >= 15 is 0 Å². The molecule has 1 aromatic carbocycles. The molecule has 0 spiro atoms. The van der Waals surface area contributed by atoms with Gasteiger partial charge in [-0.15, -0.1) is 0 Å². The minimum absolute atomic E-state index is 0.300. The lowest BCUT2D eigenvalue weighted by Gasteiger charge is -2.16. The average molecular weight is 334 g/mol. The molecule has 20 heavy (non-hydrogen) atoms. The number of rotatable bonds is 3. The first-order valence-corrected chi connectivity index (χ1v) is 7.07. The van der Waals surface area contributed by atoms with Crippen LogP contribution in [0.5, 0.6) is 0 Å². The molecule has 102 valence electrons. The van der Waals surface area contributed by atoms with Crippen molar-refractivity contribution in [1.29, 1.82) is 0 Å². The number of ketones is 1. The third-order valence-electron chi connectivity index (χ3n) is 3.38. The van der Waals surface area contributed by atoms with Crippen LogP contribution in [0.4, 0.5) is 5.69 Å². The van der Waals surface area contributed by atoms with Crippen LogP contribution in [0.25, 0.3) is 0 Å². The number of anilines is 1. The van der Waals surface area contributed by atoms with Gasteiger partial charge in [0.15, 0.2) is 0 Å². The summed E-state index contributed by atoms with van der Waals surface area (Å²) in [5.74, 6) is -0.188. The number of halogens is 1. The fourth-order valence-electron chi connectivity index (χ4n) is 2.35. The van der Waals surface area contributed by atoms with Gasteiger partial charge in [-0.1, -0.05) is 15.9 Å². The van der Waals surface area contributed by atoms with E-state index in [1.807, 2.05) is 17.7 Å². The van der Waals surface area contributed by atoms with Crippen LogP contribution in [-0.2, 0) is 17.9 Å². The van der Waals surface area contributed by atoms with Gasteiger partial charge in [-0.2, -0.15) is 0 Å². The molecule has 0 bridgehead atoms. The summed E-state index contributed by atoms with van der Waals surface area (Å²) in [5.41, 5.74) is 1.09. The van der Waals surface area contributed by atoms with Crippen LogP contribution in [0.2, 0.25) is 0 Å². The maximum Gasteiger partial charge on any atom is 0.299 e. The highest BCUT2D eigenvalue weighted by molar-refractivity contribution is 9.10. The summed E-state index contributed by atoms with van der Waals surface area (Å²) in [6.45, 7) is 3.08. The van der Waals surface area contributed by atoms with Gasteiger partial charge in [0.05, 0.1) is 17.8 Å². The molecule has 3 rings (SSSR count). The number of aryl methyl sites for hydroxylation is 1. The summed E-state index contributed by atoms with van der Waals surface area (Å²) < 4.78 is 2.79. The van der Waals surface area contributed by atoms with Crippen molar-refractivity contribution in [3.05, 3.63) is 46.5 Å². The third-order valence-corrected chi connectivity index (χ3v) is 3.87. The van der Waals surface area contributed by atoms with Crippen LogP contribution in [-0.4, -0.2) is 21.2 Å². The van der Waals surface area contributed by atoms with Gasteiger partial charge in [-0.05, 0) is 25.1 Å². The zero-order valence-electron chi connectivity index (χ0n) is 10.8. The molecule has 5 nitrogen and oxygen atoms in total. The highest BCUT2D eigenvalue weighted by Crippen LogP contribution is 2.32. The molecule has 0 atom stereocenters. The summed E-state index contributed by atoms with van der Waals surface area (Å²) in [7, 11) is 0. The number of benzene rings is 1. The van der Waals surface area contributed by atoms with Crippen LogP contribution in [0.1, 0.15) is 23.1 Å². The predicted octanol–water partition coefficient (Wildman–Crippen LogP) is 2.40. The van der Waals surface area contributed by atoms with Crippen molar-refractivity contribution in [3.63, 3.8) is 0 Å². The smallest absolute Gasteiger partial charge is 0.299 e. The molecular formula is C14H12BrN3O2. The highest BCUT2D eigenvalue weighted by Gasteiger charge is 2.36. The second-order valence-electron chi connectivity index (χ2n) is 4.51. The Labute approximate surface area is 124 Å². The Morgan fingerprint density at radius 2 is 2.10 bits per heavy atom. The van der Waals surface area contributed by atoms with E-state index in [2.05, 4.69) is 20.9 Å². The van der Waals surface area contributed by atoms with Gasteiger partial charge in [0.25, 0.3) is 11.7 Å². The standard InChI is InChI=1S/C14H12BrN3O2/c1-2-17-6-5-16-12(17)8-18-11-7-9(15)3-4-10(11)13(19)14(18)20/h3-7H,2,8H2,1H3. The maximum atomic E-state index is 12.1. The van der Waals surface area contributed by atoms with Crippen molar-refractivity contribution in [2.24, 2.45) is 0 Å². The summed E-state index contributed by atoms with van der Waals surface area (Å²) in [6.07, 6.45) is 3.56. The van der Waals surface area contributed by atoms with Crippen molar-refractivity contribution >= 4 is 33.3 Å². The number of hydrogen-bond donors (Lipinski definition) is 0.